The van der Waals surface area contributed by atoms with Gasteiger partial charge in [-0.3, -0.25) is 9.10 Å². The third-order valence-corrected chi connectivity index (χ3v) is 5.67. The maximum atomic E-state index is 12.2. The van der Waals surface area contributed by atoms with Crippen LogP contribution in [0.4, 0.5) is 5.69 Å². The highest BCUT2D eigenvalue weighted by atomic mass is 32.2. The molecule has 6 heteroatoms. The molecule has 0 radical (unpaired) electrons. The minimum absolute atomic E-state index is 0.0775. The number of nitrogens with zero attached hydrogens (tertiary/aromatic N) is 1. The smallest absolute Gasteiger partial charge is 0.232 e. The van der Waals surface area contributed by atoms with Gasteiger partial charge in [0.05, 0.1) is 18.0 Å². The minimum Gasteiger partial charge on any atom is -0.350 e. The van der Waals surface area contributed by atoms with Gasteiger partial charge in [0, 0.05) is 13.0 Å². The van der Waals surface area contributed by atoms with Crippen molar-refractivity contribution in [2.45, 2.75) is 39.2 Å². The molecule has 0 aromatic heterocycles. The minimum atomic E-state index is -3.40. The van der Waals surface area contributed by atoms with Crippen LogP contribution in [-0.2, 0) is 21.2 Å². The lowest BCUT2D eigenvalue weighted by molar-refractivity contribution is -0.121. The Morgan fingerprint density at radius 3 is 2.26 bits per heavy atom. The van der Waals surface area contributed by atoms with Crippen LogP contribution in [0.5, 0.6) is 0 Å². The molecule has 0 unspecified atom stereocenters. The van der Waals surface area contributed by atoms with E-state index in [1.165, 1.54) is 10.6 Å². The van der Waals surface area contributed by atoms with Gasteiger partial charge in [-0.2, -0.15) is 0 Å². The van der Waals surface area contributed by atoms with Gasteiger partial charge in [-0.25, -0.2) is 8.42 Å². The fraction of sp³-hybridized carbons (Fsp3) is 0.381. The highest BCUT2D eigenvalue weighted by Crippen LogP contribution is 2.19. The number of amides is 1. The van der Waals surface area contributed by atoms with Gasteiger partial charge in [0.2, 0.25) is 15.9 Å². The second kappa shape index (κ2) is 9.55. The Hall–Kier alpha value is -2.34. The average molecular weight is 389 g/mol. The van der Waals surface area contributed by atoms with Crippen LogP contribution in [0.2, 0.25) is 0 Å². The first kappa shape index (κ1) is 21.0. The first-order chi connectivity index (χ1) is 12.8. The molecule has 27 heavy (non-hydrogen) atoms. The van der Waals surface area contributed by atoms with Crippen molar-refractivity contribution >= 4 is 21.6 Å². The zero-order valence-electron chi connectivity index (χ0n) is 16.2. The zero-order valence-corrected chi connectivity index (χ0v) is 17.0. The lowest BCUT2D eigenvalue weighted by Gasteiger charge is -2.23. The monoisotopic (exact) mass is 388 g/mol. The number of aryl methyl sites for hydroxylation is 1. The van der Waals surface area contributed by atoms with E-state index < -0.39 is 10.0 Å². The lowest BCUT2D eigenvalue weighted by atomic mass is 10.1. The van der Waals surface area contributed by atoms with E-state index in [-0.39, 0.29) is 24.9 Å². The predicted molar refractivity (Wildman–Crippen MR) is 110 cm³/mol. The van der Waals surface area contributed by atoms with Gasteiger partial charge in [-0.05, 0) is 43.0 Å². The van der Waals surface area contributed by atoms with Gasteiger partial charge in [0.15, 0.2) is 0 Å². The van der Waals surface area contributed by atoms with E-state index in [4.69, 9.17) is 0 Å². The van der Waals surface area contributed by atoms with Gasteiger partial charge < -0.3 is 5.32 Å². The molecule has 1 atom stereocenters. The van der Waals surface area contributed by atoms with Crippen molar-refractivity contribution in [1.82, 2.24) is 5.32 Å². The number of benzene rings is 2. The third kappa shape index (κ3) is 6.40. The summed E-state index contributed by atoms with van der Waals surface area (Å²) < 4.78 is 25.7. The van der Waals surface area contributed by atoms with E-state index in [2.05, 4.69) is 12.2 Å². The first-order valence-electron chi connectivity index (χ1n) is 9.22. The second-order valence-corrected chi connectivity index (χ2v) is 8.57. The van der Waals surface area contributed by atoms with Gasteiger partial charge in [-0.15, -0.1) is 0 Å². The maximum absolute atomic E-state index is 12.2. The Kier molecular flexibility index (Phi) is 7.42. The van der Waals surface area contributed by atoms with Crippen LogP contribution in [0.3, 0.4) is 0 Å². The number of rotatable bonds is 9. The Labute approximate surface area is 162 Å². The SMILES string of the molecule is CCc1ccc(N(CCCC(=O)N[C@H](C)c2ccccc2)S(C)(=O)=O)cc1. The van der Waals surface area contributed by atoms with Gasteiger partial charge in [0.25, 0.3) is 0 Å². The number of nitrogens with one attached hydrogen (secondary N) is 1. The molecule has 1 N–H and O–H groups in total. The van der Waals surface area contributed by atoms with Crippen molar-refractivity contribution in [3.63, 3.8) is 0 Å². The molecule has 0 heterocycles. The number of hydrogen-bond acceptors (Lipinski definition) is 3. The second-order valence-electron chi connectivity index (χ2n) is 6.66. The molecule has 0 bridgehead atoms. The Morgan fingerprint density at radius 2 is 1.70 bits per heavy atom. The Balaban J connectivity index is 1.92. The molecule has 0 saturated heterocycles. The molecule has 0 aliphatic carbocycles. The highest BCUT2D eigenvalue weighted by molar-refractivity contribution is 7.92. The fourth-order valence-corrected chi connectivity index (χ4v) is 3.87. The summed E-state index contributed by atoms with van der Waals surface area (Å²) in [6, 6.07) is 17.2. The molecular weight excluding hydrogens is 360 g/mol. The molecule has 2 rings (SSSR count). The molecule has 0 aliphatic heterocycles. The topological polar surface area (TPSA) is 66.5 Å². The van der Waals surface area contributed by atoms with Crippen LogP contribution >= 0.6 is 0 Å². The quantitative estimate of drug-likeness (QED) is 0.713. The number of anilines is 1. The molecule has 146 valence electrons. The molecule has 2 aromatic carbocycles. The molecule has 0 fully saturated rings. The van der Waals surface area contributed by atoms with E-state index >= 15 is 0 Å². The average Bonchev–Trinajstić information content (AvgIpc) is 2.65. The van der Waals surface area contributed by atoms with Crippen LogP contribution in [0.1, 0.15) is 43.9 Å². The van der Waals surface area contributed by atoms with E-state index in [1.54, 1.807) is 0 Å². The summed E-state index contributed by atoms with van der Waals surface area (Å²) in [4.78, 5) is 12.2. The highest BCUT2D eigenvalue weighted by Gasteiger charge is 2.18. The van der Waals surface area contributed by atoms with Gasteiger partial charge in [-0.1, -0.05) is 49.4 Å². The molecule has 0 aliphatic rings. The molecule has 2 aromatic rings. The number of carbonyl (C=O) groups excluding carboxylic acids is 1. The summed E-state index contributed by atoms with van der Waals surface area (Å²) in [6.07, 6.45) is 2.82. The summed E-state index contributed by atoms with van der Waals surface area (Å²) in [7, 11) is -3.40. The van der Waals surface area contributed by atoms with Crippen LogP contribution in [0.15, 0.2) is 54.6 Å². The Morgan fingerprint density at radius 1 is 1.07 bits per heavy atom. The molecule has 0 saturated carbocycles. The summed E-state index contributed by atoms with van der Waals surface area (Å²) in [5.74, 6) is -0.0823. The van der Waals surface area contributed by atoms with Crippen LogP contribution in [-0.4, -0.2) is 27.1 Å². The van der Waals surface area contributed by atoms with Crippen LogP contribution in [0, 0.1) is 0 Å². The predicted octanol–water partition coefficient (Wildman–Crippen LogP) is 3.67. The number of hydrogen-bond donors (Lipinski definition) is 1. The third-order valence-electron chi connectivity index (χ3n) is 4.48. The maximum Gasteiger partial charge on any atom is 0.232 e. The van der Waals surface area contributed by atoms with Crippen molar-refractivity contribution < 1.29 is 13.2 Å². The standard InChI is InChI=1S/C21H28N2O3S/c1-4-18-12-14-20(15-13-18)23(27(3,25)26)16-8-11-21(24)22-17(2)19-9-6-5-7-10-19/h5-7,9-10,12-15,17H,4,8,11,16H2,1-3H3,(H,22,24)/t17-/m1/s1. The summed E-state index contributed by atoms with van der Waals surface area (Å²) in [6.45, 7) is 4.27. The van der Waals surface area contributed by atoms with Gasteiger partial charge >= 0.3 is 0 Å². The summed E-state index contributed by atoms with van der Waals surface area (Å²) in [5.41, 5.74) is 2.83. The van der Waals surface area contributed by atoms with Crippen molar-refractivity contribution in [2.24, 2.45) is 0 Å². The first-order valence-corrected chi connectivity index (χ1v) is 11.1. The summed E-state index contributed by atoms with van der Waals surface area (Å²) >= 11 is 0. The van der Waals surface area contributed by atoms with Crippen LogP contribution < -0.4 is 9.62 Å². The number of carbonyl (C=O) groups is 1. The largest absolute Gasteiger partial charge is 0.350 e. The van der Waals surface area contributed by atoms with E-state index in [9.17, 15) is 13.2 Å². The number of sulfonamides is 1. The zero-order chi connectivity index (χ0) is 19.9. The van der Waals surface area contributed by atoms with Crippen molar-refractivity contribution in [1.29, 1.82) is 0 Å². The molecule has 1 amide bonds. The van der Waals surface area contributed by atoms with Crippen molar-refractivity contribution in [3.8, 4) is 0 Å². The fourth-order valence-electron chi connectivity index (χ4n) is 2.91. The summed E-state index contributed by atoms with van der Waals surface area (Å²) in [5, 5.41) is 2.96. The van der Waals surface area contributed by atoms with E-state index in [0.29, 0.717) is 12.1 Å². The Bertz CT molecular complexity index is 833. The lowest BCUT2D eigenvalue weighted by Crippen LogP contribution is -2.32. The normalized spacial score (nSPS) is 12.4. The van der Waals surface area contributed by atoms with E-state index in [0.717, 1.165) is 17.5 Å². The molecule has 0 spiro atoms. The molecular formula is C21H28N2O3S. The van der Waals surface area contributed by atoms with Crippen molar-refractivity contribution in [3.05, 3.63) is 65.7 Å². The van der Waals surface area contributed by atoms with Crippen LogP contribution in [0.25, 0.3) is 0 Å². The van der Waals surface area contributed by atoms with Crippen molar-refractivity contribution in [2.75, 3.05) is 17.1 Å². The van der Waals surface area contributed by atoms with E-state index in [1.807, 2.05) is 61.5 Å². The van der Waals surface area contributed by atoms with Gasteiger partial charge in [0.1, 0.15) is 0 Å². The molecule has 5 nitrogen and oxygen atoms in total.